The molecule has 4 nitrogen and oxygen atoms in total. The average Bonchev–Trinajstić information content (AvgIpc) is 2.86. The van der Waals surface area contributed by atoms with Crippen molar-refractivity contribution in [3.8, 4) is 0 Å². The average molecular weight is 475 g/mol. The van der Waals surface area contributed by atoms with Crippen LogP contribution in [-0.4, -0.2) is 25.2 Å². The molecular weight excluding hydrogens is 424 g/mol. The van der Waals surface area contributed by atoms with Crippen molar-refractivity contribution >= 4 is 11.9 Å². The molecule has 194 valence electrons. The molecule has 0 aliphatic carbocycles. The highest BCUT2D eigenvalue weighted by Crippen LogP contribution is 2.15. The quantitative estimate of drug-likeness (QED) is 0.124. The Morgan fingerprint density at radius 2 is 0.794 bits per heavy atom. The Bertz CT molecular complexity index is 640. The maximum Gasteiger partial charge on any atom is 0.339 e. The smallest absolute Gasteiger partial charge is 0.339 e. The molecule has 1 rings (SSSR count). The summed E-state index contributed by atoms with van der Waals surface area (Å²) >= 11 is 0. The van der Waals surface area contributed by atoms with Crippen LogP contribution in [0.2, 0.25) is 0 Å². The first-order valence-electron chi connectivity index (χ1n) is 14.1. The van der Waals surface area contributed by atoms with Crippen molar-refractivity contribution in [1.82, 2.24) is 0 Å². The Hall–Kier alpha value is -1.84. The van der Waals surface area contributed by atoms with Gasteiger partial charge in [0.25, 0.3) is 0 Å². The molecule has 0 fully saturated rings. The van der Waals surface area contributed by atoms with E-state index in [0.717, 1.165) is 25.7 Å². The van der Waals surface area contributed by atoms with Gasteiger partial charge in [-0.1, -0.05) is 129 Å². The Kier molecular flexibility index (Phi) is 19.2. The first-order valence-corrected chi connectivity index (χ1v) is 14.1. The van der Waals surface area contributed by atoms with Crippen molar-refractivity contribution in [2.24, 2.45) is 0 Å². The molecule has 1 aromatic rings. The van der Waals surface area contributed by atoms with Crippen molar-refractivity contribution < 1.29 is 19.1 Å². The topological polar surface area (TPSA) is 52.6 Å². The van der Waals surface area contributed by atoms with Crippen LogP contribution in [0, 0.1) is 0 Å². The van der Waals surface area contributed by atoms with E-state index in [1.165, 1.54) is 89.9 Å². The minimum atomic E-state index is -0.436. The molecule has 1 aromatic carbocycles. The zero-order valence-corrected chi connectivity index (χ0v) is 22.1. The van der Waals surface area contributed by atoms with Gasteiger partial charge in [0.2, 0.25) is 0 Å². The van der Waals surface area contributed by atoms with Crippen LogP contribution in [0.15, 0.2) is 24.3 Å². The molecule has 0 radical (unpaired) electrons. The minimum absolute atomic E-state index is 0.301. The third-order valence-electron chi connectivity index (χ3n) is 6.33. The van der Waals surface area contributed by atoms with Crippen LogP contribution in [0.4, 0.5) is 0 Å². The molecule has 4 heteroatoms. The summed E-state index contributed by atoms with van der Waals surface area (Å²) in [5.74, 6) is -0.870. The monoisotopic (exact) mass is 474 g/mol. The second kappa shape index (κ2) is 21.7. The highest BCUT2D eigenvalue weighted by atomic mass is 16.5. The summed E-state index contributed by atoms with van der Waals surface area (Å²) in [5, 5.41) is 0. The highest BCUT2D eigenvalue weighted by Gasteiger charge is 2.18. The van der Waals surface area contributed by atoms with Gasteiger partial charge in [0.1, 0.15) is 0 Å². The van der Waals surface area contributed by atoms with Crippen LogP contribution in [0.1, 0.15) is 150 Å². The van der Waals surface area contributed by atoms with Gasteiger partial charge in [-0.25, -0.2) is 9.59 Å². The number of hydrogen-bond donors (Lipinski definition) is 0. The van der Waals surface area contributed by atoms with Crippen LogP contribution in [-0.2, 0) is 9.47 Å². The molecule has 0 aromatic heterocycles. The number of rotatable bonds is 22. The molecule has 0 saturated heterocycles. The number of carbonyl (C=O) groups is 2. The second-order valence-corrected chi connectivity index (χ2v) is 9.47. The SMILES string of the molecule is CCCCCCCCCCCCOC(=O)c1ccccc1C(=O)OCCCCCCCCCC. The third-order valence-corrected chi connectivity index (χ3v) is 6.33. The Morgan fingerprint density at radius 1 is 0.500 bits per heavy atom. The van der Waals surface area contributed by atoms with Crippen LogP contribution < -0.4 is 0 Å². The van der Waals surface area contributed by atoms with Gasteiger partial charge < -0.3 is 9.47 Å². The van der Waals surface area contributed by atoms with Crippen molar-refractivity contribution in [2.45, 2.75) is 129 Å². The van der Waals surface area contributed by atoms with Gasteiger partial charge in [-0.2, -0.15) is 0 Å². The van der Waals surface area contributed by atoms with E-state index in [2.05, 4.69) is 13.8 Å². The number of carbonyl (C=O) groups excluding carboxylic acids is 2. The van der Waals surface area contributed by atoms with Gasteiger partial charge in [0.15, 0.2) is 0 Å². The molecule has 0 aliphatic heterocycles. The summed E-state index contributed by atoms with van der Waals surface area (Å²) in [7, 11) is 0. The van der Waals surface area contributed by atoms with E-state index >= 15 is 0 Å². The first kappa shape index (κ1) is 30.2. The number of ether oxygens (including phenoxy) is 2. The summed E-state index contributed by atoms with van der Waals surface area (Å²) in [5.41, 5.74) is 0.602. The van der Waals surface area contributed by atoms with E-state index < -0.39 is 11.9 Å². The number of hydrogen-bond acceptors (Lipinski definition) is 4. The largest absolute Gasteiger partial charge is 0.462 e. The van der Waals surface area contributed by atoms with Gasteiger partial charge in [-0.3, -0.25) is 0 Å². The summed E-state index contributed by atoms with van der Waals surface area (Å²) in [6, 6.07) is 6.80. The van der Waals surface area contributed by atoms with E-state index in [1.54, 1.807) is 24.3 Å². The van der Waals surface area contributed by atoms with Crippen LogP contribution in [0.3, 0.4) is 0 Å². The Balaban J connectivity index is 2.19. The lowest BCUT2D eigenvalue weighted by Gasteiger charge is -2.10. The maximum atomic E-state index is 12.5. The van der Waals surface area contributed by atoms with Crippen LogP contribution >= 0.6 is 0 Å². The lowest BCUT2D eigenvalue weighted by molar-refractivity contribution is 0.0450. The fourth-order valence-electron chi connectivity index (χ4n) is 4.15. The van der Waals surface area contributed by atoms with Crippen molar-refractivity contribution in [1.29, 1.82) is 0 Å². The number of benzene rings is 1. The molecular formula is C30H50O4. The normalized spacial score (nSPS) is 10.9. The number of unbranched alkanes of at least 4 members (excludes halogenated alkanes) is 16. The molecule has 0 N–H and O–H groups in total. The summed E-state index contributed by atoms with van der Waals surface area (Å²) in [6.45, 7) is 5.27. The van der Waals surface area contributed by atoms with Crippen LogP contribution in [0.5, 0.6) is 0 Å². The van der Waals surface area contributed by atoms with E-state index in [9.17, 15) is 9.59 Å². The van der Waals surface area contributed by atoms with Gasteiger partial charge in [-0.15, -0.1) is 0 Å². The predicted molar refractivity (Wildman–Crippen MR) is 141 cm³/mol. The molecule has 0 spiro atoms. The molecule has 0 amide bonds. The van der Waals surface area contributed by atoms with Gasteiger partial charge in [-0.05, 0) is 25.0 Å². The Labute approximate surface area is 209 Å². The minimum Gasteiger partial charge on any atom is -0.462 e. The van der Waals surface area contributed by atoms with Gasteiger partial charge in [0, 0.05) is 0 Å². The molecule has 0 aliphatic rings. The van der Waals surface area contributed by atoms with Gasteiger partial charge >= 0.3 is 11.9 Å². The summed E-state index contributed by atoms with van der Waals surface area (Å²) < 4.78 is 10.9. The number of esters is 2. The summed E-state index contributed by atoms with van der Waals surface area (Å²) in [4.78, 5) is 25.0. The predicted octanol–water partition coefficient (Wildman–Crippen LogP) is 9.06. The van der Waals surface area contributed by atoms with Crippen LogP contribution in [0.25, 0.3) is 0 Å². The van der Waals surface area contributed by atoms with Crippen molar-refractivity contribution in [3.63, 3.8) is 0 Å². The lowest BCUT2D eigenvalue weighted by atomic mass is 10.1. The zero-order valence-electron chi connectivity index (χ0n) is 22.1. The molecule has 34 heavy (non-hydrogen) atoms. The van der Waals surface area contributed by atoms with Crippen molar-refractivity contribution in [2.75, 3.05) is 13.2 Å². The fraction of sp³-hybridized carbons (Fsp3) is 0.733. The second-order valence-electron chi connectivity index (χ2n) is 9.47. The Morgan fingerprint density at radius 3 is 1.12 bits per heavy atom. The van der Waals surface area contributed by atoms with E-state index in [0.29, 0.717) is 24.3 Å². The fourth-order valence-corrected chi connectivity index (χ4v) is 4.15. The molecule has 0 atom stereocenters. The highest BCUT2D eigenvalue weighted by molar-refractivity contribution is 6.03. The van der Waals surface area contributed by atoms with E-state index in [4.69, 9.17) is 9.47 Å². The van der Waals surface area contributed by atoms with Gasteiger partial charge in [0.05, 0.1) is 24.3 Å². The van der Waals surface area contributed by atoms with E-state index in [1.807, 2.05) is 0 Å². The maximum absolute atomic E-state index is 12.5. The zero-order chi connectivity index (χ0) is 24.7. The van der Waals surface area contributed by atoms with E-state index in [-0.39, 0.29) is 0 Å². The third kappa shape index (κ3) is 15.1. The van der Waals surface area contributed by atoms with Crippen molar-refractivity contribution in [3.05, 3.63) is 35.4 Å². The molecule has 0 bridgehead atoms. The molecule has 0 unspecified atom stereocenters. The standard InChI is InChI=1S/C30H50O4/c1-3-5-7-9-11-13-14-16-18-22-26-34-30(32)28-24-20-19-23-27(28)29(31)33-25-21-17-15-12-10-8-6-4-2/h19-20,23-24H,3-18,21-22,25-26H2,1-2H3. The lowest BCUT2D eigenvalue weighted by Crippen LogP contribution is -2.15. The first-order chi connectivity index (χ1) is 16.7. The molecule has 0 saturated carbocycles. The summed E-state index contributed by atoms with van der Waals surface area (Å²) in [6.07, 6.45) is 22.0. The molecule has 0 heterocycles.